The van der Waals surface area contributed by atoms with E-state index in [0.717, 1.165) is 49.8 Å². The standard InChI is InChI=1S/C29H33NO3/c1-21-6-15-27(23-9-11-25(12-10-23)29(20-30)16-17-29)24(18-21)19-33-26-13-7-22(8-14-26)4-3-5-28(31)32-2/h7-14,21H,3-6,15-19H2,1-2H3. The van der Waals surface area contributed by atoms with Gasteiger partial charge in [0.2, 0.25) is 0 Å². The fourth-order valence-electron chi connectivity index (χ4n) is 4.75. The molecular formula is C29H33NO3. The Balaban J connectivity index is 1.40. The number of carbonyl (C=O) groups is 1. The molecule has 0 bridgehead atoms. The molecule has 2 aromatic carbocycles. The van der Waals surface area contributed by atoms with Crippen LogP contribution in [-0.2, 0) is 21.4 Å². The molecule has 172 valence electrons. The van der Waals surface area contributed by atoms with E-state index in [0.29, 0.717) is 18.9 Å². The van der Waals surface area contributed by atoms with Gasteiger partial charge in [-0.25, -0.2) is 0 Å². The molecular weight excluding hydrogens is 410 g/mol. The van der Waals surface area contributed by atoms with Crippen LogP contribution in [0.15, 0.2) is 54.1 Å². The molecule has 2 aromatic rings. The van der Waals surface area contributed by atoms with E-state index in [1.54, 1.807) is 0 Å². The fourth-order valence-corrected chi connectivity index (χ4v) is 4.75. The molecule has 0 radical (unpaired) electrons. The summed E-state index contributed by atoms with van der Waals surface area (Å²) < 4.78 is 10.9. The molecule has 1 fully saturated rings. The van der Waals surface area contributed by atoms with Gasteiger partial charge in [0.15, 0.2) is 0 Å². The highest BCUT2D eigenvalue weighted by Crippen LogP contribution is 2.48. The molecule has 0 aliphatic heterocycles. The summed E-state index contributed by atoms with van der Waals surface area (Å²) in [5, 5.41) is 9.47. The van der Waals surface area contributed by atoms with Crippen LogP contribution >= 0.6 is 0 Å². The van der Waals surface area contributed by atoms with E-state index in [-0.39, 0.29) is 11.4 Å². The van der Waals surface area contributed by atoms with Gasteiger partial charge in [-0.3, -0.25) is 4.79 Å². The van der Waals surface area contributed by atoms with Gasteiger partial charge >= 0.3 is 5.97 Å². The maximum atomic E-state index is 11.3. The van der Waals surface area contributed by atoms with Crippen LogP contribution in [0.3, 0.4) is 0 Å². The van der Waals surface area contributed by atoms with Gasteiger partial charge in [-0.15, -0.1) is 0 Å². The van der Waals surface area contributed by atoms with Gasteiger partial charge in [-0.2, -0.15) is 5.26 Å². The molecule has 4 heteroatoms. The Morgan fingerprint density at radius 3 is 2.48 bits per heavy atom. The van der Waals surface area contributed by atoms with E-state index < -0.39 is 0 Å². The highest BCUT2D eigenvalue weighted by atomic mass is 16.5. The first-order valence-electron chi connectivity index (χ1n) is 12.0. The molecule has 1 saturated carbocycles. The number of carbonyl (C=O) groups excluding carboxylic acids is 1. The number of methoxy groups -OCH3 is 1. The number of esters is 1. The zero-order valence-electron chi connectivity index (χ0n) is 19.7. The van der Waals surface area contributed by atoms with Crippen molar-refractivity contribution < 1.29 is 14.3 Å². The van der Waals surface area contributed by atoms with E-state index in [9.17, 15) is 10.1 Å². The van der Waals surface area contributed by atoms with E-state index in [2.05, 4.69) is 49.4 Å². The van der Waals surface area contributed by atoms with Gasteiger partial charge in [0, 0.05) is 6.42 Å². The van der Waals surface area contributed by atoms with Gasteiger partial charge in [-0.1, -0.05) is 43.3 Å². The van der Waals surface area contributed by atoms with Crippen molar-refractivity contribution in [2.75, 3.05) is 13.7 Å². The van der Waals surface area contributed by atoms with Crippen LogP contribution in [0.5, 0.6) is 5.75 Å². The molecule has 0 aromatic heterocycles. The van der Waals surface area contributed by atoms with Crippen molar-refractivity contribution in [2.45, 2.75) is 63.7 Å². The Kier molecular flexibility index (Phi) is 7.18. The highest BCUT2D eigenvalue weighted by Gasteiger charge is 2.44. The van der Waals surface area contributed by atoms with Crippen molar-refractivity contribution in [1.82, 2.24) is 0 Å². The number of allylic oxidation sites excluding steroid dienone is 1. The Hall–Kier alpha value is -3.06. The quantitative estimate of drug-likeness (QED) is 0.421. The molecule has 4 rings (SSSR count). The minimum absolute atomic E-state index is 0.160. The largest absolute Gasteiger partial charge is 0.489 e. The summed E-state index contributed by atoms with van der Waals surface area (Å²) in [4.78, 5) is 11.3. The van der Waals surface area contributed by atoms with Gasteiger partial charge in [0.25, 0.3) is 0 Å². The predicted octanol–water partition coefficient (Wildman–Crippen LogP) is 6.39. The number of nitriles is 1. The minimum Gasteiger partial charge on any atom is -0.489 e. The van der Waals surface area contributed by atoms with Crippen LogP contribution in [0.2, 0.25) is 0 Å². The molecule has 0 spiro atoms. The topological polar surface area (TPSA) is 59.3 Å². The van der Waals surface area contributed by atoms with Crippen LogP contribution in [0.4, 0.5) is 0 Å². The SMILES string of the molecule is COC(=O)CCCc1ccc(OCC2=C(c3ccc(C4(C#N)CC4)cc3)CCC(C)C2)cc1. The minimum atomic E-state index is -0.231. The lowest BCUT2D eigenvalue weighted by molar-refractivity contribution is -0.140. The van der Waals surface area contributed by atoms with Crippen LogP contribution in [0.25, 0.3) is 5.57 Å². The summed E-state index contributed by atoms with van der Waals surface area (Å²) in [5.41, 5.74) is 6.17. The Labute approximate surface area is 197 Å². The number of aryl methyl sites for hydroxylation is 1. The summed E-state index contributed by atoms with van der Waals surface area (Å²) in [6.07, 6.45) is 7.37. The average molecular weight is 444 g/mol. The monoisotopic (exact) mass is 443 g/mol. The van der Waals surface area contributed by atoms with Crippen LogP contribution in [0.1, 0.15) is 68.6 Å². The molecule has 33 heavy (non-hydrogen) atoms. The van der Waals surface area contributed by atoms with Crippen molar-refractivity contribution in [1.29, 1.82) is 5.26 Å². The summed E-state index contributed by atoms with van der Waals surface area (Å²) in [5.74, 6) is 1.38. The van der Waals surface area contributed by atoms with Gasteiger partial charge < -0.3 is 9.47 Å². The number of hydrogen-bond donors (Lipinski definition) is 0. The number of nitrogens with zero attached hydrogens (tertiary/aromatic N) is 1. The first-order chi connectivity index (χ1) is 16.0. The number of hydrogen-bond acceptors (Lipinski definition) is 4. The molecule has 0 heterocycles. The summed E-state index contributed by atoms with van der Waals surface area (Å²) in [6, 6.07) is 19.4. The lowest BCUT2D eigenvalue weighted by atomic mass is 9.82. The predicted molar refractivity (Wildman–Crippen MR) is 130 cm³/mol. The molecule has 0 amide bonds. The summed E-state index contributed by atoms with van der Waals surface area (Å²) in [7, 11) is 1.43. The summed E-state index contributed by atoms with van der Waals surface area (Å²) in [6.45, 7) is 2.91. The van der Waals surface area contributed by atoms with Crippen LogP contribution in [0, 0.1) is 17.2 Å². The molecule has 4 nitrogen and oxygen atoms in total. The lowest BCUT2D eigenvalue weighted by Crippen LogP contribution is -2.13. The average Bonchev–Trinajstić information content (AvgIpc) is 3.65. The number of benzene rings is 2. The van der Waals surface area contributed by atoms with E-state index in [4.69, 9.17) is 9.47 Å². The van der Waals surface area contributed by atoms with Crippen molar-refractivity contribution in [3.63, 3.8) is 0 Å². The molecule has 2 aliphatic rings. The smallest absolute Gasteiger partial charge is 0.305 e. The van der Waals surface area contributed by atoms with E-state index >= 15 is 0 Å². The third kappa shape index (κ3) is 5.66. The highest BCUT2D eigenvalue weighted by molar-refractivity contribution is 5.70. The van der Waals surface area contributed by atoms with E-state index in [1.807, 2.05) is 12.1 Å². The Bertz CT molecular complexity index is 1040. The Morgan fingerprint density at radius 1 is 1.12 bits per heavy atom. The first-order valence-corrected chi connectivity index (χ1v) is 12.0. The first kappa shape index (κ1) is 23.1. The third-order valence-electron chi connectivity index (χ3n) is 7.07. The second kappa shape index (κ2) is 10.3. The van der Waals surface area contributed by atoms with E-state index in [1.165, 1.54) is 35.8 Å². The third-order valence-corrected chi connectivity index (χ3v) is 7.07. The maximum Gasteiger partial charge on any atom is 0.305 e. The van der Waals surface area contributed by atoms with Gasteiger partial charge in [0.1, 0.15) is 12.4 Å². The zero-order chi connectivity index (χ0) is 23.3. The number of rotatable bonds is 9. The van der Waals surface area contributed by atoms with Crippen molar-refractivity contribution in [2.24, 2.45) is 5.92 Å². The second-order valence-electron chi connectivity index (χ2n) is 9.56. The fraction of sp³-hybridized carbons (Fsp3) is 0.448. The summed E-state index contributed by atoms with van der Waals surface area (Å²) >= 11 is 0. The Morgan fingerprint density at radius 2 is 1.85 bits per heavy atom. The molecule has 1 atom stereocenters. The molecule has 0 N–H and O–H groups in total. The molecule has 0 saturated heterocycles. The second-order valence-corrected chi connectivity index (χ2v) is 9.56. The number of ether oxygens (including phenoxy) is 2. The van der Waals surface area contributed by atoms with Crippen LogP contribution < -0.4 is 4.74 Å². The van der Waals surface area contributed by atoms with Gasteiger partial charge in [0.05, 0.1) is 18.6 Å². The van der Waals surface area contributed by atoms with Gasteiger partial charge in [-0.05, 0) is 90.8 Å². The van der Waals surface area contributed by atoms with Crippen LogP contribution in [-0.4, -0.2) is 19.7 Å². The zero-order valence-corrected chi connectivity index (χ0v) is 19.7. The normalized spacial score (nSPS) is 19.0. The molecule has 2 aliphatic carbocycles. The van der Waals surface area contributed by atoms with Crippen molar-refractivity contribution in [3.8, 4) is 11.8 Å². The lowest BCUT2D eigenvalue weighted by Gasteiger charge is -2.26. The van der Waals surface area contributed by atoms with Crippen molar-refractivity contribution >= 4 is 11.5 Å². The van der Waals surface area contributed by atoms with Crippen molar-refractivity contribution in [3.05, 3.63) is 70.8 Å². The maximum absolute atomic E-state index is 11.3. The molecule has 1 unspecified atom stereocenters.